The first-order valence-electron chi connectivity index (χ1n) is 9.35. The summed E-state index contributed by atoms with van der Waals surface area (Å²) >= 11 is 0. The van der Waals surface area contributed by atoms with E-state index >= 15 is 0 Å². The maximum atomic E-state index is 12.6. The van der Waals surface area contributed by atoms with Gasteiger partial charge in [0.15, 0.2) is 22.8 Å². The number of H-pyrrole nitrogens is 2. The standard InChI is InChI=1S/C17H17N11O2/c29-15(23-17-22-14-13(16(30)24-17)19-8-20-14)10-3-5-27(6-4-10)11-1-2-12(26-25-11)28-9-18-7-21-28/h1-2,7-10H,3-6H2,(H3,19,20,22,23,24,29,30). The van der Waals surface area contributed by atoms with Crippen LogP contribution in [0.2, 0.25) is 0 Å². The van der Waals surface area contributed by atoms with Gasteiger partial charge in [0.1, 0.15) is 12.7 Å². The molecule has 30 heavy (non-hydrogen) atoms. The molecule has 5 rings (SSSR count). The van der Waals surface area contributed by atoms with Crippen molar-refractivity contribution in [2.24, 2.45) is 5.92 Å². The molecule has 3 N–H and O–H groups in total. The molecule has 1 aliphatic heterocycles. The Bertz CT molecular complexity index is 1220. The highest BCUT2D eigenvalue weighted by atomic mass is 16.2. The van der Waals surface area contributed by atoms with E-state index in [1.54, 1.807) is 6.33 Å². The third-order valence-electron chi connectivity index (χ3n) is 5.02. The van der Waals surface area contributed by atoms with Crippen molar-refractivity contribution < 1.29 is 4.79 Å². The van der Waals surface area contributed by atoms with Gasteiger partial charge in [-0.15, -0.1) is 10.2 Å². The van der Waals surface area contributed by atoms with Crippen LogP contribution in [0, 0.1) is 5.92 Å². The second-order valence-electron chi connectivity index (χ2n) is 6.86. The Morgan fingerprint density at radius 1 is 1.17 bits per heavy atom. The van der Waals surface area contributed by atoms with Crippen molar-refractivity contribution in [3.05, 3.63) is 41.5 Å². The summed E-state index contributed by atoms with van der Waals surface area (Å²) in [5, 5.41) is 15.1. The van der Waals surface area contributed by atoms with Gasteiger partial charge in [0, 0.05) is 19.0 Å². The van der Waals surface area contributed by atoms with Crippen molar-refractivity contribution >= 4 is 28.8 Å². The Hall–Kier alpha value is -4.16. The fourth-order valence-electron chi connectivity index (χ4n) is 3.43. The number of rotatable bonds is 4. The number of carbonyl (C=O) groups excluding carboxylic acids is 1. The molecule has 0 bridgehead atoms. The van der Waals surface area contributed by atoms with Gasteiger partial charge in [-0.25, -0.2) is 14.6 Å². The molecule has 0 unspecified atom stereocenters. The topological polar surface area (TPSA) is 163 Å². The van der Waals surface area contributed by atoms with E-state index in [0.717, 1.165) is 5.82 Å². The molecular weight excluding hydrogens is 390 g/mol. The molecule has 0 radical (unpaired) electrons. The van der Waals surface area contributed by atoms with E-state index in [4.69, 9.17) is 0 Å². The van der Waals surface area contributed by atoms with E-state index in [-0.39, 0.29) is 34.5 Å². The molecule has 0 atom stereocenters. The van der Waals surface area contributed by atoms with E-state index in [2.05, 4.69) is 50.4 Å². The van der Waals surface area contributed by atoms with E-state index in [1.807, 2.05) is 12.1 Å². The summed E-state index contributed by atoms with van der Waals surface area (Å²) in [4.78, 5) is 43.9. The summed E-state index contributed by atoms with van der Waals surface area (Å²) in [6.45, 7) is 1.33. The third kappa shape index (κ3) is 3.36. The van der Waals surface area contributed by atoms with Gasteiger partial charge in [0.25, 0.3) is 5.56 Å². The molecule has 1 saturated heterocycles. The maximum absolute atomic E-state index is 12.6. The maximum Gasteiger partial charge on any atom is 0.278 e. The first kappa shape index (κ1) is 17.9. The van der Waals surface area contributed by atoms with Crippen LogP contribution in [0.3, 0.4) is 0 Å². The number of nitrogens with one attached hydrogen (secondary N) is 3. The number of nitrogens with zero attached hydrogens (tertiary/aromatic N) is 8. The molecule has 13 heteroatoms. The van der Waals surface area contributed by atoms with Crippen LogP contribution in [-0.2, 0) is 4.79 Å². The fourth-order valence-corrected chi connectivity index (χ4v) is 3.43. The quantitative estimate of drug-likeness (QED) is 0.418. The van der Waals surface area contributed by atoms with Gasteiger partial charge in [0.05, 0.1) is 6.33 Å². The molecule has 0 saturated carbocycles. The Balaban J connectivity index is 1.21. The largest absolute Gasteiger partial charge is 0.355 e. The normalized spacial score (nSPS) is 14.9. The molecule has 1 aliphatic rings. The Labute approximate surface area is 168 Å². The van der Waals surface area contributed by atoms with Crippen LogP contribution in [0.15, 0.2) is 35.9 Å². The van der Waals surface area contributed by atoms with Crippen LogP contribution < -0.4 is 15.8 Å². The van der Waals surface area contributed by atoms with Crippen molar-refractivity contribution in [1.29, 1.82) is 0 Å². The number of fused-ring (bicyclic) bond motifs is 1. The van der Waals surface area contributed by atoms with Crippen molar-refractivity contribution in [3.8, 4) is 5.82 Å². The van der Waals surface area contributed by atoms with Crippen molar-refractivity contribution in [2.75, 3.05) is 23.3 Å². The number of amides is 1. The van der Waals surface area contributed by atoms with Crippen LogP contribution in [-0.4, -0.2) is 63.9 Å². The van der Waals surface area contributed by atoms with Crippen LogP contribution >= 0.6 is 0 Å². The lowest BCUT2D eigenvalue weighted by Crippen LogP contribution is -2.39. The van der Waals surface area contributed by atoms with Gasteiger partial charge in [0.2, 0.25) is 11.9 Å². The number of carbonyl (C=O) groups is 1. The molecule has 4 aromatic heterocycles. The molecule has 1 fully saturated rings. The number of imidazole rings is 1. The van der Waals surface area contributed by atoms with Gasteiger partial charge in [-0.1, -0.05) is 0 Å². The van der Waals surface area contributed by atoms with Crippen molar-refractivity contribution in [2.45, 2.75) is 12.8 Å². The van der Waals surface area contributed by atoms with Crippen molar-refractivity contribution in [3.63, 3.8) is 0 Å². The molecule has 13 nitrogen and oxygen atoms in total. The number of aromatic nitrogens is 9. The summed E-state index contributed by atoms with van der Waals surface area (Å²) in [7, 11) is 0. The number of hydrogen-bond donors (Lipinski definition) is 3. The highest BCUT2D eigenvalue weighted by molar-refractivity contribution is 5.91. The summed E-state index contributed by atoms with van der Waals surface area (Å²) in [5.41, 5.74) is 0.157. The first-order chi connectivity index (χ1) is 14.7. The number of aromatic amines is 2. The summed E-state index contributed by atoms with van der Waals surface area (Å²) in [5.74, 6) is 1.05. The van der Waals surface area contributed by atoms with E-state index in [0.29, 0.717) is 31.7 Å². The molecule has 0 aliphatic carbocycles. The predicted octanol–water partition coefficient (Wildman–Crippen LogP) is -0.128. The molecule has 5 heterocycles. The lowest BCUT2D eigenvalue weighted by atomic mass is 9.96. The number of hydrogen-bond acceptors (Lipinski definition) is 9. The Morgan fingerprint density at radius 3 is 2.70 bits per heavy atom. The molecule has 1 amide bonds. The van der Waals surface area contributed by atoms with E-state index in [1.165, 1.54) is 17.3 Å². The minimum atomic E-state index is -0.379. The molecule has 0 aromatic carbocycles. The lowest BCUT2D eigenvalue weighted by Gasteiger charge is -2.31. The first-order valence-corrected chi connectivity index (χ1v) is 9.35. The second kappa shape index (κ2) is 7.35. The van der Waals surface area contributed by atoms with Crippen molar-refractivity contribution in [1.82, 2.24) is 44.9 Å². The smallest absolute Gasteiger partial charge is 0.278 e. The average Bonchev–Trinajstić information content (AvgIpc) is 3.46. The zero-order valence-electron chi connectivity index (χ0n) is 15.7. The van der Waals surface area contributed by atoms with Gasteiger partial charge >= 0.3 is 0 Å². The summed E-state index contributed by atoms with van der Waals surface area (Å²) < 4.78 is 1.53. The zero-order valence-corrected chi connectivity index (χ0v) is 15.7. The van der Waals surface area contributed by atoms with E-state index < -0.39 is 0 Å². The van der Waals surface area contributed by atoms with Gasteiger partial charge in [-0.3, -0.25) is 19.9 Å². The van der Waals surface area contributed by atoms with Crippen LogP contribution in [0.25, 0.3) is 17.0 Å². The predicted molar refractivity (Wildman–Crippen MR) is 105 cm³/mol. The molecule has 0 spiro atoms. The second-order valence-corrected chi connectivity index (χ2v) is 6.86. The highest BCUT2D eigenvalue weighted by Gasteiger charge is 2.26. The summed E-state index contributed by atoms with van der Waals surface area (Å²) in [6, 6.07) is 3.70. The van der Waals surface area contributed by atoms with Gasteiger partial charge in [-0.2, -0.15) is 10.1 Å². The Kier molecular flexibility index (Phi) is 4.38. The number of anilines is 2. The number of piperidine rings is 1. The zero-order chi connectivity index (χ0) is 20.5. The fraction of sp³-hybridized carbons (Fsp3) is 0.294. The van der Waals surface area contributed by atoms with Crippen LogP contribution in [0.5, 0.6) is 0 Å². The lowest BCUT2D eigenvalue weighted by molar-refractivity contribution is -0.120. The SMILES string of the molecule is O=C(Nc1nc2nc[nH]c2c(=O)[nH]1)C1CCN(c2ccc(-n3cncn3)nn2)CC1. The minimum Gasteiger partial charge on any atom is -0.355 e. The average molecular weight is 407 g/mol. The molecule has 4 aromatic rings. The van der Waals surface area contributed by atoms with Crippen LogP contribution in [0.4, 0.5) is 11.8 Å². The van der Waals surface area contributed by atoms with Gasteiger partial charge < -0.3 is 9.88 Å². The third-order valence-corrected chi connectivity index (χ3v) is 5.02. The van der Waals surface area contributed by atoms with Gasteiger partial charge in [-0.05, 0) is 25.0 Å². The summed E-state index contributed by atoms with van der Waals surface area (Å²) in [6.07, 6.45) is 5.67. The molecular formula is C17H17N11O2. The Morgan fingerprint density at radius 2 is 1.97 bits per heavy atom. The monoisotopic (exact) mass is 407 g/mol. The van der Waals surface area contributed by atoms with E-state index in [9.17, 15) is 9.59 Å². The molecule has 152 valence electrons. The highest BCUT2D eigenvalue weighted by Crippen LogP contribution is 2.22. The van der Waals surface area contributed by atoms with Crippen LogP contribution in [0.1, 0.15) is 12.8 Å². The minimum absolute atomic E-state index is 0.0987.